The van der Waals surface area contributed by atoms with E-state index in [1.165, 1.54) is 0 Å². The fourth-order valence-corrected chi connectivity index (χ4v) is 0.830. The Morgan fingerprint density at radius 2 is 2.50 bits per heavy atom. The van der Waals surface area contributed by atoms with Gasteiger partial charge in [-0.25, -0.2) is 4.98 Å². The molecule has 0 saturated carbocycles. The molecule has 0 unspecified atom stereocenters. The summed E-state index contributed by atoms with van der Waals surface area (Å²) in [6.45, 7) is 0. The van der Waals surface area contributed by atoms with E-state index in [4.69, 9.17) is 5.26 Å². The fraction of sp³-hybridized carbons (Fsp3) is 0.143. The number of aromatic nitrogens is 1. The summed E-state index contributed by atoms with van der Waals surface area (Å²) in [5.41, 5.74) is 1.47. The Balaban J connectivity index is 3.01. The Hall–Kier alpha value is -1.01. The molecule has 0 atom stereocenters. The lowest BCUT2D eigenvalue weighted by atomic mass is 10.2. The quantitative estimate of drug-likeness (QED) is 0.614. The number of pyridine rings is 1. The lowest BCUT2D eigenvalue weighted by molar-refractivity contribution is 1.23. The first kappa shape index (κ1) is 7.10. The predicted molar refractivity (Wildman–Crippen MR) is 41.6 cm³/mol. The largest absolute Gasteiger partial charge is 0.246 e. The molecule has 1 aromatic heterocycles. The topological polar surface area (TPSA) is 36.7 Å². The van der Waals surface area contributed by atoms with Crippen molar-refractivity contribution in [1.29, 1.82) is 5.26 Å². The molecule has 0 aliphatic carbocycles. The van der Waals surface area contributed by atoms with E-state index in [0.29, 0.717) is 11.4 Å². The first-order valence-corrected chi connectivity index (χ1v) is 3.46. The summed E-state index contributed by atoms with van der Waals surface area (Å²) in [5.74, 6) is 0.650. The van der Waals surface area contributed by atoms with Gasteiger partial charge in [0.15, 0.2) is 0 Å². The molecule has 2 nitrogen and oxygen atoms in total. The van der Waals surface area contributed by atoms with Crippen molar-refractivity contribution in [2.75, 3.05) is 0 Å². The smallest absolute Gasteiger partial charge is 0.140 e. The molecule has 1 heterocycles. The Morgan fingerprint density at radius 1 is 1.70 bits per heavy atom. The highest BCUT2D eigenvalue weighted by Gasteiger charge is 1.91. The van der Waals surface area contributed by atoms with Crippen LogP contribution in [0, 0.1) is 11.3 Å². The molecule has 0 amide bonds. The van der Waals surface area contributed by atoms with Crippen LogP contribution in [-0.2, 0) is 5.75 Å². The summed E-state index contributed by atoms with van der Waals surface area (Å²) in [6, 6.07) is 5.53. The Kier molecular flexibility index (Phi) is 2.30. The summed E-state index contributed by atoms with van der Waals surface area (Å²) < 4.78 is 0. The van der Waals surface area contributed by atoms with Crippen molar-refractivity contribution >= 4 is 12.6 Å². The van der Waals surface area contributed by atoms with E-state index < -0.39 is 0 Å². The zero-order chi connectivity index (χ0) is 7.40. The van der Waals surface area contributed by atoms with Crippen LogP contribution in [0.15, 0.2) is 18.3 Å². The van der Waals surface area contributed by atoms with Gasteiger partial charge in [-0.3, -0.25) is 0 Å². The van der Waals surface area contributed by atoms with Crippen molar-refractivity contribution in [2.45, 2.75) is 5.75 Å². The van der Waals surface area contributed by atoms with E-state index in [1.54, 1.807) is 12.3 Å². The average molecular weight is 150 g/mol. The fourth-order valence-electron chi connectivity index (χ4n) is 0.634. The van der Waals surface area contributed by atoms with Crippen molar-refractivity contribution < 1.29 is 0 Å². The monoisotopic (exact) mass is 150 g/mol. The van der Waals surface area contributed by atoms with Gasteiger partial charge in [0.2, 0.25) is 0 Å². The minimum absolute atomic E-state index is 0.451. The van der Waals surface area contributed by atoms with Crippen LogP contribution < -0.4 is 0 Å². The highest BCUT2D eigenvalue weighted by atomic mass is 32.1. The van der Waals surface area contributed by atoms with Gasteiger partial charge in [0.25, 0.3) is 0 Å². The van der Waals surface area contributed by atoms with Gasteiger partial charge in [0.05, 0.1) is 0 Å². The summed E-state index contributed by atoms with van der Waals surface area (Å²) in [5, 5.41) is 8.42. The Labute approximate surface area is 64.9 Å². The third-order valence-corrected chi connectivity index (χ3v) is 1.49. The van der Waals surface area contributed by atoms with Gasteiger partial charge in [-0.2, -0.15) is 17.9 Å². The molecule has 0 bridgehead atoms. The summed E-state index contributed by atoms with van der Waals surface area (Å²) >= 11 is 4.06. The van der Waals surface area contributed by atoms with Crippen LogP contribution in [0.1, 0.15) is 11.3 Å². The van der Waals surface area contributed by atoms with Crippen LogP contribution in [0.3, 0.4) is 0 Å². The summed E-state index contributed by atoms with van der Waals surface area (Å²) in [4.78, 5) is 3.81. The lowest BCUT2D eigenvalue weighted by Crippen LogP contribution is -1.83. The van der Waals surface area contributed by atoms with Gasteiger partial charge < -0.3 is 0 Å². The molecule has 3 heteroatoms. The molecule has 0 aliphatic heterocycles. The van der Waals surface area contributed by atoms with Crippen molar-refractivity contribution in [3.05, 3.63) is 29.6 Å². The maximum Gasteiger partial charge on any atom is 0.140 e. The van der Waals surface area contributed by atoms with E-state index >= 15 is 0 Å². The maximum atomic E-state index is 8.42. The van der Waals surface area contributed by atoms with Gasteiger partial charge in [0, 0.05) is 11.9 Å². The number of nitriles is 1. The number of rotatable bonds is 1. The number of nitrogens with zero attached hydrogens (tertiary/aromatic N) is 2. The van der Waals surface area contributed by atoms with Crippen LogP contribution in [0.25, 0.3) is 0 Å². The van der Waals surface area contributed by atoms with Crippen LogP contribution in [0.4, 0.5) is 0 Å². The molecule has 0 radical (unpaired) electrons. The van der Waals surface area contributed by atoms with Gasteiger partial charge in [-0.1, -0.05) is 0 Å². The Bertz CT molecular complexity index is 265. The zero-order valence-electron chi connectivity index (χ0n) is 5.28. The highest BCUT2D eigenvalue weighted by molar-refractivity contribution is 7.79. The van der Waals surface area contributed by atoms with E-state index in [2.05, 4.69) is 17.6 Å². The molecule has 0 aliphatic rings. The lowest BCUT2D eigenvalue weighted by Gasteiger charge is -1.92. The maximum absolute atomic E-state index is 8.42. The van der Waals surface area contributed by atoms with Gasteiger partial charge >= 0.3 is 0 Å². The van der Waals surface area contributed by atoms with E-state index in [0.717, 1.165) is 5.56 Å². The first-order valence-electron chi connectivity index (χ1n) is 2.82. The third-order valence-electron chi connectivity index (χ3n) is 1.12. The van der Waals surface area contributed by atoms with Crippen molar-refractivity contribution in [1.82, 2.24) is 4.98 Å². The van der Waals surface area contributed by atoms with Crippen molar-refractivity contribution in [3.8, 4) is 6.07 Å². The molecule has 0 aromatic carbocycles. The number of thiol groups is 1. The summed E-state index contributed by atoms with van der Waals surface area (Å²) in [7, 11) is 0. The highest BCUT2D eigenvalue weighted by Crippen LogP contribution is 2.02. The molecule has 50 valence electrons. The van der Waals surface area contributed by atoms with Crippen molar-refractivity contribution in [3.63, 3.8) is 0 Å². The average Bonchev–Trinajstić information content (AvgIpc) is 2.05. The zero-order valence-corrected chi connectivity index (χ0v) is 6.18. The second kappa shape index (κ2) is 3.23. The molecule has 1 rings (SSSR count). The molecule has 1 aromatic rings. The number of hydrogen-bond acceptors (Lipinski definition) is 3. The number of hydrogen-bond donors (Lipinski definition) is 1. The third kappa shape index (κ3) is 1.49. The molecule has 0 spiro atoms. The molecule has 10 heavy (non-hydrogen) atoms. The standard InChI is InChI=1S/C7H6N2S/c8-4-7-3-6(5-10)1-2-9-7/h1-3,10H,5H2. The minimum Gasteiger partial charge on any atom is -0.246 e. The molecular weight excluding hydrogens is 144 g/mol. The predicted octanol–water partition coefficient (Wildman–Crippen LogP) is 1.38. The second-order valence-electron chi connectivity index (χ2n) is 1.82. The minimum atomic E-state index is 0.451. The summed E-state index contributed by atoms with van der Waals surface area (Å²) in [6.07, 6.45) is 1.62. The van der Waals surface area contributed by atoms with Crippen LogP contribution in [0.2, 0.25) is 0 Å². The van der Waals surface area contributed by atoms with E-state index in [1.807, 2.05) is 12.1 Å². The first-order chi connectivity index (χ1) is 4.86. The second-order valence-corrected chi connectivity index (χ2v) is 2.14. The van der Waals surface area contributed by atoms with E-state index in [-0.39, 0.29) is 0 Å². The molecule has 0 fully saturated rings. The van der Waals surface area contributed by atoms with Gasteiger partial charge in [-0.15, -0.1) is 0 Å². The van der Waals surface area contributed by atoms with Crippen LogP contribution in [0.5, 0.6) is 0 Å². The van der Waals surface area contributed by atoms with Crippen LogP contribution >= 0.6 is 12.6 Å². The van der Waals surface area contributed by atoms with Gasteiger partial charge in [0.1, 0.15) is 11.8 Å². The molecule has 0 N–H and O–H groups in total. The normalized spacial score (nSPS) is 8.80. The van der Waals surface area contributed by atoms with Crippen LogP contribution in [-0.4, -0.2) is 4.98 Å². The SMILES string of the molecule is N#Cc1cc(CS)ccn1. The molecular formula is C7H6N2S. The Morgan fingerprint density at radius 3 is 3.10 bits per heavy atom. The molecule has 0 saturated heterocycles. The van der Waals surface area contributed by atoms with Gasteiger partial charge in [-0.05, 0) is 17.7 Å². The van der Waals surface area contributed by atoms with E-state index in [9.17, 15) is 0 Å². The van der Waals surface area contributed by atoms with Crippen molar-refractivity contribution in [2.24, 2.45) is 0 Å².